The monoisotopic (exact) mass is 309 g/mol. The van der Waals surface area contributed by atoms with Crippen LogP contribution >= 0.6 is 0 Å². The molecule has 5 heteroatoms. The van der Waals surface area contributed by atoms with Gasteiger partial charge in [0.05, 0.1) is 4.90 Å². The van der Waals surface area contributed by atoms with Gasteiger partial charge < -0.3 is 5.11 Å². The second-order valence-electron chi connectivity index (χ2n) is 4.94. The van der Waals surface area contributed by atoms with E-state index in [9.17, 15) is 13.5 Å². The van der Waals surface area contributed by atoms with Gasteiger partial charge in [0.2, 0.25) is 10.0 Å². The lowest BCUT2D eigenvalue weighted by atomic mass is 10.2. The van der Waals surface area contributed by atoms with Gasteiger partial charge in [-0.1, -0.05) is 37.0 Å². The maximum atomic E-state index is 12.0. The molecule has 1 unspecified atom stereocenters. The predicted molar refractivity (Wildman–Crippen MR) is 84.3 cm³/mol. The van der Waals surface area contributed by atoms with E-state index >= 15 is 0 Å². The number of aryl methyl sites for hydroxylation is 1. The minimum atomic E-state index is -3.44. The fourth-order valence-corrected chi connectivity index (χ4v) is 2.79. The van der Waals surface area contributed by atoms with Gasteiger partial charge in [-0.3, -0.25) is 0 Å². The van der Waals surface area contributed by atoms with Gasteiger partial charge >= 0.3 is 0 Å². The van der Waals surface area contributed by atoms with Crippen molar-refractivity contribution in [3.63, 3.8) is 0 Å². The maximum absolute atomic E-state index is 12.0. The minimum absolute atomic E-state index is 0.276. The molecule has 0 saturated heterocycles. The highest BCUT2D eigenvalue weighted by molar-refractivity contribution is 7.89. The van der Waals surface area contributed by atoms with Crippen molar-refractivity contribution in [2.45, 2.75) is 50.5 Å². The molecule has 1 aromatic carbocycles. The van der Waals surface area contributed by atoms with E-state index in [0.29, 0.717) is 25.8 Å². The van der Waals surface area contributed by atoms with Gasteiger partial charge in [-0.2, -0.15) is 0 Å². The summed E-state index contributed by atoms with van der Waals surface area (Å²) in [5.74, 6) is 5.62. The van der Waals surface area contributed by atoms with Crippen molar-refractivity contribution < 1.29 is 13.5 Å². The highest BCUT2D eigenvalue weighted by Gasteiger charge is 2.12. The summed E-state index contributed by atoms with van der Waals surface area (Å²) in [5.41, 5.74) is 1.02. The number of rotatable bonds is 7. The first-order chi connectivity index (χ1) is 9.95. The Bertz CT molecular complexity index is 582. The Morgan fingerprint density at radius 3 is 2.57 bits per heavy atom. The van der Waals surface area contributed by atoms with Gasteiger partial charge in [0.15, 0.2) is 0 Å². The number of unbranched alkanes of at least 4 members (excludes halogenated alkanes) is 1. The summed E-state index contributed by atoms with van der Waals surface area (Å²) in [5, 5.41) is 9.42. The van der Waals surface area contributed by atoms with Crippen LogP contribution in [0.4, 0.5) is 0 Å². The van der Waals surface area contributed by atoms with Crippen LogP contribution in [0.15, 0.2) is 29.2 Å². The predicted octanol–water partition coefficient (Wildman–Crippen LogP) is 2.22. The molecule has 1 rings (SSSR count). The molecule has 21 heavy (non-hydrogen) atoms. The molecule has 1 aromatic rings. The van der Waals surface area contributed by atoms with E-state index in [4.69, 9.17) is 0 Å². The van der Waals surface area contributed by atoms with Gasteiger partial charge in [-0.25, -0.2) is 13.1 Å². The largest absolute Gasteiger partial charge is 0.380 e. The van der Waals surface area contributed by atoms with Crippen LogP contribution in [-0.2, 0) is 10.0 Å². The number of benzene rings is 1. The average molecular weight is 309 g/mol. The smallest absolute Gasteiger partial charge is 0.240 e. The van der Waals surface area contributed by atoms with Crippen molar-refractivity contribution in [1.29, 1.82) is 0 Å². The molecule has 4 nitrogen and oxygen atoms in total. The number of aliphatic hydroxyl groups excluding tert-OH is 1. The standard InChI is InChI=1S/C16H23NO3S/c1-3-7-15(18)8-5-4-6-13-17-21(19,20)16-11-9-14(2)10-12-16/h9-12,15,17-18H,3-4,6-7,13H2,1-2H3. The summed E-state index contributed by atoms with van der Waals surface area (Å²) in [6, 6.07) is 6.74. The van der Waals surface area contributed by atoms with Crippen molar-refractivity contribution in [2.75, 3.05) is 6.54 Å². The Morgan fingerprint density at radius 1 is 1.29 bits per heavy atom. The number of hydrogen-bond donors (Lipinski definition) is 2. The molecule has 0 aliphatic heterocycles. The first-order valence-electron chi connectivity index (χ1n) is 7.18. The van der Waals surface area contributed by atoms with E-state index in [1.165, 1.54) is 0 Å². The number of sulfonamides is 1. The van der Waals surface area contributed by atoms with Gasteiger partial charge in [0, 0.05) is 13.0 Å². The molecule has 1 atom stereocenters. The zero-order valence-corrected chi connectivity index (χ0v) is 13.4. The maximum Gasteiger partial charge on any atom is 0.240 e. The summed E-state index contributed by atoms with van der Waals surface area (Å²) in [6.45, 7) is 4.25. The quantitative estimate of drug-likeness (QED) is 0.599. The molecule has 0 saturated carbocycles. The zero-order chi connectivity index (χ0) is 15.7. The lowest BCUT2D eigenvalue weighted by Gasteiger charge is -2.06. The summed E-state index contributed by atoms with van der Waals surface area (Å²) in [4.78, 5) is 0.276. The van der Waals surface area contributed by atoms with E-state index in [1.807, 2.05) is 13.8 Å². The van der Waals surface area contributed by atoms with Crippen LogP contribution in [0.2, 0.25) is 0 Å². The van der Waals surface area contributed by atoms with Crippen LogP contribution in [0.5, 0.6) is 0 Å². The number of hydrogen-bond acceptors (Lipinski definition) is 3. The van der Waals surface area contributed by atoms with Crippen molar-refractivity contribution in [1.82, 2.24) is 4.72 Å². The highest BCUT2D eigenvalue weighted by Crippen LogP contribution is 2.09. The van der Waals surface area contributed by atoms with Crippen molar-refractivity contribution in [3.05, 3.63) is 29.8 Å². The molecular weight excluding hydrogens is 286 g/mol. The van der Waals surface area contributed by atoms with Crippen LogP contribution in [0.25, 0.3) is 0 Å². The fraction of sp³-hybridized carbons (Fsp3) is 0.500. The molecule has 0 aromatic heterocycles. The zero-order valence-electron chi connectivity index (χ0n) is 12.6. The van der Waals surface area contributed by atoms with E-state index in [2.05, 4.69) is 16.6 Å². The van der Waals surface area contributed by atoms with E-state index in [1.54, 1.807) is 24.3 Å². The minimum Gasteiger partial charge on any atom is -0.380 e. The molecule has 0 bridgehead atoms. The van der Waals surface area contributed by atoms with Crippen LogP contribution in [0, 0.1) is 18.8 Å². The van der Waals surface area contributed by atoms with E-state index in [-0.39, 0.29) is 4.90 Å². The van der Waals surface area contributed by atoms with Gasteiger partial charge in [0.25, 0.3) is 0 Å². The van der Waals surface area contributed by atoms with Gasteiger partial charge in [-0.15, -0.1) is 5.92 Å². The number of aliphatic hydroxyl groups is 1. The topological polar surface area (TPSA) is 66.4 Å². The van der Waals surface area contributed by atoms with Gasteiger partial charge in [-0.05, 0) is 31.9 Å². The molecule has 0 aliphatic carbocycles. The van der Waals surface area contributed by atoms with Crippen LogP contribution in [0.3, 0.4) is 0 Å². The third kappa shape index (κ3) is 6.76. The lowest BCUT2D eigenvalue weighted by molar-refractivity contribution is 0.221. The van der Waals surface area contributed by atoms with E-state index < -0.39 is 16.1 Å². The SMILES string of the molecule is CCCC(O)C#CCCCNS(=O)(=O)c1ccc(C)cc1. The normalized spacial score (nSPS) is 12.5. The first-order valence-corrected chi connectivity index (χ1v) is 8.67. The average Bonchev–Trinajstić information content (AvgIpc) is 2.43. The van der Waals surface area contributed by atoms with Crippen LogP contribution in [0.1, 0.15) is 38.2 Å². The second-order valence-corrected chi connectivity index (χ2v) is 6.71. The molecule has 0 fully saturated rings. The highest BCUT2D eigenvalue weighted by atomic mass is 32.2. The summed E-state index contributed by atoms with van der Waals surface area (Å²) in [7, 11) is -3.44. The third-order valence-electron chi connectivity index (χ3n) is 2.93. The second kappa shape index (κ2) is 8.83. The van der Waals surface area contributed by atoms with Crippen molar-refractivity contribution in [3.8, 4) is 11.8 Å². The van der Waals surface area contributed by atoms with Crippen LogP contribution in [-0.4, -0.2) is 26.2 Å². The van der Waals surface area contributed by atoms with Gasteiger partial charge in [0.1, 0.15) is 6.10 Å². The summed E-state index contributed by atoms with van der Waals surface area (Å²) in [6.07, 6.45) is 2.19. The Morgan fingerprint density at radius 2 is 1.95 bits per heavy atom. The van der Waals surface area contributed by atoms with Crippen molar-refractivity contribution >= 4 is 10.0 Å². The lowest BCUT2D eigenvalue weighted by Crippen LogP contribution is -2.24. The Balaban J connectivity index is 2.36. The molecule has 0 spiro atoms. The van der Waals surface area contributed by atoms with Crippen LogP contribution < -0.4 is 4.72 Å². The summed E-state index contributed by atoms with van der Waals surface area (Å²) < 4.78 is 26.5. The third-order valence-corrected chi connectivity index (χ3v) is 4.41. The molecule has 116 valence electrons. The molecule has 0 amide bonds. The Kier molecular flexibility index (Phi) is 7.44. The molecule has 0 radical (unpaired) electrons. The fourth-order valence-electron chi connectivity index (χ4n) is 1.72. The molecule has 2 N–H and O–H groups in total. The first kappa shape index (κ1) is 17.7. The van der Waals surface area contributed by atoms with E-state index in [0.717, 1.165) is 12.0 Å². The Hall–Kier alpha value is -1.35. The molecule has 0 aliphatic rings. The van der Waals surface area contributed by atoms with Crippen molar-refractivity contribution in [2.24, 2.45) is 0 Å². The Labute approximate surface area is 127 Å². The number of nitrogens with one attached hydrogen (secondary N) is 1. The summed E-state index contributed by atoms with van der Waals surface area (Å²) >= 11 is 0. The molecule has 0 heterocycles. The molecular formula is C16H23NO3S.